The summed E-state index contributed by atoms with van der Waals surface area (Å²) in [6, 6.07) is 0. The van der Waals surface area contributed by atoms with E-state index in [1.807, 2.05) is 0 Å². The Morgan fingerprint density at radius 1 is 1.48 bits per heavy atom. The molecular formula is C14H17N5O4. The first-order valence-electron chi connectivity index (χ1n) is 7.32. The first-order chi connectivity index (χ1) is 11.0. The topological polar surface area (TPSA) is 125 Å². The number of aromatic nitrogens is 3. The fourth-order valence-corrected chi connectivity index (χ4v) is 3.15. The summed E-state index contributed by atoms with van der Waals surface area (Å²) in [4.78, 5) is 12.9. The molecule has 0 aromatic carbocycles. The summed E-state index contributed by atoms with van der Waals surface area (Å²) in [5.41, 5.74) is -0.391. The molecule has 122 valence electrons. The molecule has 0 aliphatic carbocycles. The molecule has 9 nitrogen and oxygen atoms in total. The molecule has 9 heteroatoms. The van der Waals surface area contributed by atoms with Crippen LogP contribution < -0.4 is 5.32 Å². The van der Waals surface area contributed by atoms with Crippen molar-refractivity contribution >= 4 is 28.8 Å². The maximum Gasteiger partial charge on any atom is 0.167 e. The number of hydrogen-bond acceptors (Lipinski definition) is 8. The van der Waals surface area contributed by atoms with Gasteiger partial charge in [0.2, 0.25) is 0 Å². The Morgan fingerprint density at radius 2 is 2.30 bits per heavy atom. The fraction of sp³-hybridized carbons (Fsp3) is 0.500. The summed E-state index contributed by atoms with van der Waals surface area (Å²) in [5.74, 6) is 0.651. The highest BCUT2D eigenvalue weighted by Crippen LogP contribution is 2.42. The van der Waals surface area contributed by atoms with Gasteiger partial charge in [-0.1, -0.05) is 0 Å². The number of aliphatic hydroxyl groups excluding tert-OH is 2. The van der Waals surface area contributed by atoms with Crippen LogP contribution in [0, 0.1) is 0 Å². The van der Waals surface area contributed by atoms with Crippen molar-refractivity contribution in [2.45, 2.75) is 31.0 Å². The monoisotopic (exact) mass is 319 g/mol. The molecular weight excluding hydrogens is 302 g/mol. The highest BCUT2D eigenvalue weighted by atomic mass is 16.6. The van der Waals surface area contributed by atoms with Crippen LogP contribution >= 0.6 is 0 Å². The summed E-state index contributed by atoms with van der Waals surface area (Å²) >= 11 is 0. The average Bonchev–Trinajstić information content (AvgIpc) is 2.90. The SMILES string of the molecule is CC1(O)[C@H](O)[C@@H](CO)O[C@H]1n1cc2c3c(ncnc31)NCC=N2. The van der Waals surface area contributed by atoms with Gasteiger partial charge in [-0.25, -0.2) is 9.97 Å². The summed E-state index contributed by atoms with van der Waals surface area (Å²) < 4.78 is 7.29. The third kappa shape index (κ3) is 1.98. The molecule has 2 aromatic heterocycles. The number of rotatable bonds is 2. The molecule has 0 bridgehead atoms. The normalized spacial score (nSPS) is 33.0. The maximum atomic E-state index is 10.7. The number of ether oxygens (including phenoxy) is 1. The molecule has 0 spiro atoms. The lowest BCUT2D eigenvalue weighted by Gasteiger charge is -2.27. The van der Waals surface area contributed by atoms with Crippen LogP contribution in [0.25, 0.3) is 11.0 Å². The second-order valence-corrected chi connectivity index (χ2v) is 5.92. The van der Waals surface area contributed by atoms with Gasteiger partial charge >= 0.3 is 0 Å². The molecule has 23 heavy (non-hydrogen) atoms. The Balaban J connectivity index is 1.90. The zero-order valence-electron chi connectivity index (χ0n) is 12.4. The fourth-order valence-electron chi connectivity index (χ4n) is 3.15. The highest BCUT2D eigenvalue weighted by Gasteiger charge is 2.53. The van der Waals surface area contributed by atoms with Crippen LogP contribution in [0.1, 0.15) is 13.2 Å². The van der Waals surface area contributed by atoms with E-state index in [-0.39, 0.29) is 6.61 Å². The van der Waals surface area contributed by atoms with Gasteiger partial charge in [-0.15, -0.1) is 0 Å². The molecule has 2 aliphatic heterocycles. The number of aliphatic imine (C=N–C) groups is 1. The van der Waals surface area contributed by atoms with E-state index in [0.717, 1.165) is 5.39 Å². The molecule has 4 rings (SSSR count). The van der Waals surface area contributed by atoms with E-state index in [1.54, 1.807) is 17.0 Å². The molecule has 0 radical (unpaired) electrons. The van der Waals surface area contributed by atoms with Crippen LogP contribution in [0.5, 0.6) is 0 Å². The third-order valence-corrected chi connectivity index (χ3v) is 4.37. The molecule has 1 fully saturated rings. The third-order valence-electron chi connectivity index (χ3n) is 4.37. The number of aliphatic hydroxyl groups is 3. The summed E-state index contributed by atoms with van der Waals surface area (Å²) in [7, 11) is 0. The van der Waals surface area contributed by atoms with Gasteiger partial charge in [0.15, 0.2) is 6.23 Å². The predicted octanol–water partition coefficient (Wildman–Crippen LogP) is -0.439. The quantitative estimate of drug-likeness (QED) is 0.591. The largest absolute Gasteiger partial charge is 0.394 e. The van der Waals surface area contributed by atoms with Crippen molar-refractivity contribution in [1.82, 2.24) is 14.5 Å². The minimum atomic E-state index is -1.58. The Hall–Kier alpha value is -2.07. The molecule has 1 unspecified atom stereocenters. The van der Waals surface area contributed by atoms with E-state index >= 15 is 0 Å². The van der Waals surface area contributed by atoms with Crippen molar-refractivity contribution in [1.29, 1.82) is 0 Å². The molecule has 1 saturated heterocycles. The van der Waals surface area contributed by atoms with E-state index in [0.29, 0.717) is 23.7 Å². The van der Waals surface area contributed by atoms with Crippen LogP contribution in [0.15, 0.2) is 17.5 Å². The first kappa shape index (κ1) is 14.5. The Kier molecular flexibility index (Phi) is 3.13. The van der Waals surface area contributed by atoms with Crippen LogP contribution in [-0.4, -0.2) is 67.0 Å². The Morgan fingerprint density at radius 3 is 3.04 bits per heavy atom. The summed E-state index contributed by atoms with van der Waals surface area (Å²) in [6.45, 7) is 1.64. The van der Waals surface area contributed by atoms with Crippen molar-refractivity contribution < 1.29 is 20.1 Å². The smallest absolute Gasteiger partial charge is 0.167 e. The van der Waals surface area contributed by atoms with Crippen LogP contribution in [0.3, 0.4) is 0 Å². The Labute approximate surface area is 131 Å². The van der Waals surface area contributed by atoms with E-state index < -0.39 is 24.0 Å². The lowest BCUT2D eigenvalue weighted by Crippen LogP contribution is -2.44. The van der Waals surface area contributed by atoms with Crippen molar-refractivity contribution in [3.05, 3.63) is 12.5 Å². The molecule has 4 N–H and O–H groups in total. The summed E-state index contributed by atoms with van der Waals surface area (Å²) in [5, 5.41) is 34.0. The van der Waals surface area contributed by atoms with Crippen molar-refractivity contribution in [2.24, 2.45) is 4.99 Å². The van der Waals surface area contributed by atoms with Gasteiger partial charge in [0.05, 0.1) is 24.2 Å². The van der Waals surface area contributed by atoms with E-state index in [1.165, 1.54) is 13.3 Å². The second-order valence-electron chi connectivity index (χ2n) is 5.92. The predicted molar refractivity (Wildman–Crippen MR) is 81.8 cm³/mol. The molecule has 0 saturated carbocycles. The zero-order chi connectivity index (χ0) is 16.2. The van der Waals surface area contributed by atoms with E-state index in [2.05, 4.69) is 20.3 Å². The van der Waals surface area contributed by atoms with Gasteiger partial charge in [-0.2, -0.15) is 0 Å². The summed E-state index contributed by atoms with van der Waals surface area (Å²) in [6.07, 6.45) is 1.86. The highest BCUT2D eigenvalue weighted by molar-refractivity contribution is 6.00. The van der Waals surface area contributed by atoms with E-state index in [4.69, 9.17) is 4.74 Å². The molecule has 4 heterocycles. The number of nitrogens with zero attached hydrogens (tertiary/aromatic N) is 4. The van der Waals surface area contributed by atoms with Gasteiger partial charge in [0.1, 0.15) is 35.6 Å². The van der Waals surface area contributed by atoms with Gasteiger partial charge in [0.25, 0.3) is 0 Å². The van der Waals surface area contributed by atoms with Crippen LogP contribution in [0.2, 0.25) is 0 Å². The molecule has 0 amide bonds. The molecule has 4 atom stereocenters. The molecule has 2 aliphatic rings. The lowest BCUT2D eigenvalue weighted by molar-refractivity contribution is -0.0947. The van der Waals surface area contributed by atoms with Crippen LogP contribution in [-0.2, 0) is 4.74 Å². The molecule has 2 aromatic rings. The maximum absolute atomic E-state index is 10.7. The van der Waals surface area contributed by atoms with Crippen molar-refractivity contribution in [3.8, 4) is 0 Å². The van der Waals surface area contributed by atoms with Gasteiger partial charge in [-0.3, -0.25) is 4.99 Å². The number of nitrogens with one attached hydrogen (secondary N) is 1. The van der Waals surface area contributed by atoms with Crippen molar-refractivity contribution in [2.75, 3.05) is 18.5 Å². The minimum absolute atomic E-state index is 0.389. The minimum Gasteiger partial charge on any atom is -0.394 e. The number of anilines is 1. The Bertz CT molecular complexity index is 787. The van der Waals surface area contributed by atoms with Gasteiger partial charge < -0.3 is 29.9 Å². The zero-order valence-corrected chi connectivity index (χ0v) is 12.4. The standard InChI is InChI=1S/C14H17N5O4/c1-14(22)10(21)8(5-20)23-13(14)19-4-7-9-11(16-3-2-15-7)17-6-18-12(9)19/h2,4,6,8,10,13,20-22H,3,5H2,1H3,(H,16,17,18)/t8-,10-,13-,14?/m1/s1. The van der Waals surface area contributed by atoms with Gasteiger partial charge in [-0.05, 0) is 6.92 Å². The second kappa shape index (κ2) is 4.96. The number of hydrogen-bond donors (Lipinski definition) is 4. The lowest BCUT2D eigenvalue weighted by atomic mass is 9.96. The van der Waals surface area contributed by atoms with Crippen LogP contribution in [0.4, 0.5) is 11.5 Å². The van der Waals surface area contributed by atoms with Gasteiger partial charge in [0, 0.05) is 12.4 Å². The van der Waals surface area contributed by atoms with E-state index in [9.17, 15) is 15.3 Å². The average molecular weight is 319 g/mol. The first-order valence-corrected chi connectivity index (χ1v) is 7.32. The van der Waals surface area contributed by atoms with Crippen molar-refractivity contribution in [3.63, 3.8) is 0 Å².